The van der Waals surface area contributed by atoms with Gasteiger partial charge in [-0.25, -0.2) is 0 Å². The van der Waals surface area contributed by atoms with E-state index in [0.717, 1.165) is 28.1 Å². The molecule has 0 aliphatic rings. The molecule has 5 heteroatoms. The maximum atomic E-state index is 13.8. The SMILES string of the molecule is O=c1c2ccccc2n2c3ccc(N(c4ccccc4)c4ccccc4)cc3c(=O)c3cncc1c32. The number of nitrogens with zero attached hydrogens (tertiary/aromatic N) is 3. The fraction of sp³-hybridized carbons (Fsp3) is 0. The van der Waals surface area contributed by atoms with Crippen molar-refractivity contribution >= 4 is 55.2 Å². The van der Waals surface area contributed by atoms with Gasteiger partial charge in [-0.3, -0.25) is 14.6 Å². The lowest BCUT2D eigenvalue weighted by Crippen LogP contribution is -2.15. The van der Waals surface area contributed by atoms with Crippen molar-refractivity contribution in [3.8, 4) is 0 Å². The van der Waals surface area contributed by atoms with E-state index in [1.54, 1.807) is 12.4 Å². The van der Waals surface area contributed by atoms with E-state index in [4.69, 9.17) is 0 Å². The second-order valence-electron chi connectivity index (χ2n) is 8.80. The maximum absolute atomic E-state index is 13.8. The number of aromatic nitrogens is 2. The van der Waals surface area contributed by atoms with Gasteiger partial charge in [0.15, 0.2) is 10.9 Å². The van der Waals surface area contributed by atoms with E-state index in [9.17, 15) is 9.59 Å². The van der Waals surface area contributed by atoms with E-state index < -0.39 is 0 Å². The van der Waals surface area contributed by atoms with E-state index >= 15 is 0 Å². The molecule has 0 atom stereocenters. The van der Waals surface area contributed by atoms with Crippen molar-refractivity contribution in [2.45, 2.75) is 0 Å². The van der Waals surface area contributed by atoms with Crippen molar-refractivity contribution in [1.29, 1.82) is 0 Å². The van der Waals surface area contributed by atoms with Gasteiger partial charge in [0.2, 0.25) is 0 Å². The molecule has 3 heterocycles. The first-order valence-corrected chi connectivity index (χ1v) is 11.7. The molecule has 0 saturated carbocycles. The van der Waals surface area contributed by atoms with E-state index in [0.29, 0.717) is 27.1 Å². The monoisotopic (exact) mass is 465 g/mol. The maximum Gasteiger partial charge on any atom is 0.198 e. The smallest absolute Gasteiger partial charge is 0.198 e. The highest BCUT2D eigenvalue weighted by molar-refractivity contribution is 6.07. The molecule has 5 nitrogen and oxygen atoms in total. The Kier molecular flexibility index (Phi) is 4.38. The summed E-state index contributed by atoms with van der Waals surface area (Å²) in [5, 5.41) is 2.05. The molecule has 170 valence electrons. The first-order chi connectivity index (χ1) is 17.7. The zero-order valence-electron chi connectivity index (χ0n) is 19.1. The molecule has 4 aromatic carbocycles. The van der Waals surface area contributed by atoms with E-state index in [-0.39, 0.29) is 10.9 Å². The summed E-state index contributed by atoms with van der Waals surface area (Å²) in [4.78, 5) is 33.4. The van der Waals surface area contributed by atoms with E-state index in [1.807, 2.05) is 108 Å². The minimum Gasteiger partial charge on any atom is -0.310 e. The molecule has 0 unspecified atom stereocenters. The minimum absolute atomic E-state index is 0.113. The molecule has 0 fully saturated rings. The highest BCUT2D eigenvalue weighted by Gasteiger charge is 2.19. The van der Waals surface area contributed by atoms with Gasteiger partial charge in [0, 0.05) is 40.2 Å². The molecule has 7 rings (SSSR count). The second kappa shape index (κ2) is 7.75. The molecular formula is C31H19N3O2. The van der Waals surface area contributed by atoms with Gasteiger partial charge in [0.05, 0.1) is 27.3 Å². The summed E-state index contributed by atoms with van der Waals surface area (Å²) in [5.41, 5.74) is 4.74. The number of para-hydroxylation sites is 3. The average molecular weight is 466 g/mol. The van der Waals surface area contributed by atoms with Crippen LogP contribution in [0, 0.1) is 0 Å². The number of rotatable bonds is 3. The lowest BCUT2D eigenvalue weighted by Gasteiger charge is -2.26. The highest BCUT2D eigenvalue weighted by Crippen LogP contribution is 2.36. The number of hydrogen-bond donors (Lipinski definition) is 0. The standard InChI is InChI=1S/C31H19N3O2/c35-30-23-13-7-8-14-27(23)34-28-16-15-22(17-24(28)31(36)26-19-32-18-25(30)29(26)34)33(20-9-3-1-4-10-20)21-11-5-2-6-12-21/h1-19H. The third kappa shape index (κ3) is 2.86. The van der Waals surface area contributed by atoms with Crippen LogP contribution in [-0.2, 0) is 0 Å². The number of hydrogen-bond acceptors (Lipinski definition) is 4. The molecule has 0 amide bonds. The molecule has 7 aromatic rings. The molecule has 36 heavy (non-hydrogen) atoms. The third-order valence-electron chi connectivity index (χ3n) is 6.77. The largest absolute Gasteiger partial charge is 0.310 e. The Morgan fingerprint density at radius 1 is 0.528 bits per heavy atom. The Bertz CT molecular complexity index is 1990. The van der Waals surface area contributed by atoms with Crippen molar-refractivity contribution in [2.75, 3.05) is 4.90 Å². The number of fused-ring (bicyclic) bond motifs is 4. The Labute approximate surface area is 205 Å². The number of anilines is 3. The van der Waals surface area contributed by atoms with Crippen molar-refractivity contribution in [2.24, 2.45) is 0 Å². The van der Waals surface area contributed by atoms with Gasteiger partial charge < -0.3 is 9.30 Å². The molecule has 0 N–H and O–H groups in total. The predicted molar refractivity (Wildman–Crippen MR) is 146 cm³/mol. The van der Waals surface area contributed by atoms with Crippen LogP contribution in [0.2, 0.25) is 0 Å². The molecule has 0 aliphatic carbocycles. The zero-order valence-corrected chi connectivity index (χ0v) is 19.1. The summed E-state index contributed by atoms with van der Waals surface area (Å²) in [7, 11) is 0. The van der Waals surface area contributed by atoms with E-state index in [2.05, 4.69) is 9.88 Å². The summed E-state index contributed by atoms with van der Waals surface area (Å²) in [6.45, 7) is 0. The van der Waals surface area contributed by atoms with Gasteiger partial charge in [0.25, 0.3) is 0 Å². The van der Waals surface area contributed by atoms with Gasteiger partial charge in [-0.15, -0.1) is 0 Å². The molecular weight excluding hydrogens is 446 g/mol. The Morgan fingerprint density at radius 2 is 1.08 bits per heavy atom. The molecule has 0 aliphatic heterocycles. The van der Waals surface area contributed by atoms with Gasteiger partial charge >= 0.3 is 0 Å². The number of benzene rings is 4. The topological polar surface area (TPSA) is 54.7 Å². The van der Waals surface area contributed by atoms with Crippen LogP contribution in [0.15, 0.2) is 125 Å². The Balaban J connectivity index is 1.62. The van der Waals surface area contributed by atoms with Crippen LogP contribution in [0.25, 0.3) is 38.1 Å². The normalized spacial score (nSPS) is 11.6. The molecule has 3 aromatic heterocycles. The van der Waals surface area contributed by atoms with Crippen molar-refractivity contribution < 1.29 is 0 Å². The van der Waals surface area contributed by atoms with E-state index in [1.165, 1.54) is 0 Å². The average Bonchev–Trinajstić information content (AvgIpc) is 2.94. The minimum atomic E-state index is -0.138. The first-order valence-electron chi connectivity index (χ1n) is 11.7. The second-order valence-corrected chi connectivity index (χ2v) is 8.80. The lowest BCUT2D eigenvalue weighted by atomic mass is 10.0. The molecule has 0 saturated heterocycles. The van der Waals surface area contributed by atoms with Crippen LogP contribution in [-0.4, -0.2) is 9.38 Å². The summed E-state index contributed by atoms with van der Waals surface area (Å²) >= 11 is 0. The molecule has 0 radical (unpaired) electrons. The zero-order chi connectivity index (χ0) is 24.2. The summed E-state index contributed by atoms with van der Waals surface area (Å²) < 4.78 is 2.03. The Morgan fingerprint density at radius 3 is 1.75 bits per heavy atom. The van der Waals surface area contributed by atoms with Crippen molar-refractivity contribution in [1.82, 2.24) is 9.38 Å². The molecule has 0 bridgehead atoms. The van der Waals surface area contributed by atoms with Gasteiger partial charge in [-0.2, -0.15) is 0 Å². The van der Waals surface area contributed by atoms with Crippen molar-refractivity contribution in [3.05, 3.63) is 136 Å². The van der Waals surface area contributed by atoms with Crippen LogP contribution in [0.1, 0.15) is 0 Å². The fourth-order valence-electron chi connectivity index (χ4n) is 5.19. The number of pyridine rings is 3. The quantitative estimate of drug-likeness (QED) is 0.223. The summed E-state index contributed by atoms with van der Waals surface area (Å²) in [5.74, 6) is 0. The fourth-order valence-corrected chi connectivity index (χ4v) is 5.19. The van der Waals surface area contributed by atoms with Crippen LogP contribution in [0.5, 0.6) is 0 Å². The summed E-state index contributed by atoms with van der Waals surface area (Å²) in [6, 6.07) is 33.6. The third-order valence-corrected chi connectivity index (χ3v) is 6.77. The summed E-state index contributed by atoms with van der Waals surface area (Å²) in [6.07, 6.45) is 3.13. The predicted octanol–water partition coefficient (Wildman–Crippen LogP) is 6.42. The Hall–Kier alpha value is -5.03. The van der Waals surface area contributed by atoms with Gasteiger partial charge in [-0.1, -0.05) is 48.5 Å². The van der Waals surface area contributed by atoms with Crippen LogP contribution in [0.4, 0.5) is 17.1 Å². The lowest BCUT2D eigenvalue weighted by molar-refractivity contribution is 1.26. The van der Waals surface area contributed by atoms with Gasteiger partial charge in [0.1, 0.15) is 0 Å². The van der Waals surface area contributed by atoms with Crippen LogP contribution >= 0.6 is 0 Å². The first kappa shape index (κ1) is 20.4. The molecule has 0 spiro atoms. The van der Waals surface area contributed by atoms with Crippen LogP contribution < -0.4 is 15.8 Å². The van der Waals surface area contributed by atoms with Gasteiger partial charge in [-0.05, 0) is 54.6 Å². The van der Waals surface area contributed by atoms with Crippen molar-refractivity contribution in [3.63, 3.8) is 0 Å². The highest BCUT2D eigenvalue weighted by atomic mass is 16.1. The van der Waals surface area contributed by atoms with Crippen LogP contribution in [0.3, 0.4) is 0 Å².